The normalized spacial score (nSPS) is 15.1. The summed E-state index contributed by atoms with van der Waals surface area (Å²) in [6, 6.07) is 11.8. The maximum Gasteiger partial charge on any atom is 0.260 e. The van der Waals surface area contributed by atoms with Gasteiger partial charge in [0, 0.05) is 5.56 Å². The van der Waals surface area contributed by atoms with Gasteiger partial charge in [-0.1, -0.05) is 17.4 Å². The molecule has 5 nitrogen and oxygen atoms in total. The van der Waals surface area contributed by atoms with Crippen LogP contribution in [0.25, 0.3) is 10.2 Å². The van der Waals surface area contributed by atoms with Crippen LogP contribution in [-0.2, 0) is 4.74 Å². The number of anilines is 1. The molecule has 0 atom stereocenters. The number of ether oxygens (including phenoxy) is 1. The largest absolute Gasteiger partial charge is 0.370 e. The van der Waals surface area contributed by atoms with E-state index in [9.17, 15) is 9.18 Å². The van der Waals surface area contributed by atoms with Crippen LogP contribution >= 0.6 is 11.3 Å². The summed E-state index contributed by atoms with van der Waals surface area (Å²) in [5.74, 6) is -0.500. The molecule has 0 radical (unpaired) electrons. The van der Waals surface area contributed by atoms with E-state index in [0.29, 0.717) is 17.2 Å². The number of carbonyl (C=O) groups is 1. The molecule has 1 aromatic heterocycles. The number of benzene rings is 2. The zero-order chi connectivity index (χ0) is 19.5. The summed E-state index contributed by atoms with van der Waals surface area (Å²) in [5, 5.41) is 0.683. The van der Waals surface area contributed by atoms with Crippen LogP contribution in [0.1, 0.15) is 15.9 Å². The molecule has 1 amide bonds. The van der Waals surface area contributed by atoms with E-state index in [2.05, 4.69) is 6.07 Å². The predicted octanol–water partition coefficient (Wildman–Crippen LogP) is 2.31. The van der Waals surface area contributed by atoms with Gasteiger partial charge in [0.15, 0.2) is 5.13 Å². The Balaban J connectivity index is 1.62. The number of thiazole rings is 1. The van der Waals surface area contributed by atoms with Gasteiger partial charge in [0.2, 0.25) is 0 Å². The molecule has 0 unspecified atom stereocenters. The lowest BCUT2D eigenvalue weighted by molar-refractivity contribution is -0.906. The van der Waals surface area contributed by atoms with E-state index >= 15 is 0 Å². The third-order valence-electron chi connectivity index (χ3n) is 4.99. The van der Waals surface area contributed by atoms with E-state index in [1.165, 1.54) is 40.5 Å². The Hall–Kier alpha value is -2.35. The van der Waals surface area contributed by atoms with Crippen molar-refractivity contribution in [3.8, 4) is 0 Å². The highest BCUT2D eigenvalue weighted by atomic mass is 32.1. The fraction of sp³-hybridized carbons (Fsp3) is 0.333. The van der Waals surface area contributed by atoms with Gasteiger partial charge < -0.3 is 9.64 Å². The highest BCUT2D eigenvalue weighted by Gasteiger charge is 2.24. The van der Waals surface area contributed by atoms with Gasteiger partial charge in [-0.25, -0.2) is 9.37 Å². The molecular weight excluding hydrogens is 377 g/mol. The van der Waals surface area contributed by atoms with Crippen molar-refractivity contribution < 1.29 is 18.8 Å². The van der Waals surface area contributed by atoms with Gasteiger partial charge in [0.1, 0.15) is 18.9 Å². The van der Waals surface area contributed by atoms with Crippen molar-refractivity contribution in [3.63, 3.8) is 0 Å². The van der Waals surface area contributed by atoms with Crippen molar-refractivity contribution in [1.82, 2.24) is 4.98 Å². The number of carbonyl (C=O) groups excluding carboxylic acids is 1. The second-order valence-electron chi connectivity index (χ2n) is 7.04. The Morgan fingerprint density at radius 3 is 2.71 bits per heavy atom. The maximum atomic E-state index is 13.3. The third-order valence-corrected chi connectivity index (χ3v) is 6.03. The molecule has 0 saturated carbocycles. The lowest BCUT2D eigenvalue weighted by atomic mass is 10.2. The fourth-order valence-electron chi connectivity index (χ4n) is 3.35. The maximum absolute atomic E-state index is 13.3. The monoisotopic (exact) mass is 400 g/mol. The van der Waals surface area contributed by atoms with Gasteiger partial charge in [-0.2, -0.15) is 0 Å². The molecule has 2 aromatic carbocycles. The summed E-state index contributed by atoms with van der Waals surface area (Å²) in [4.78, 5) is 21.1. The van der Waals surface area contributed by atoms with Gasteiger partial charge in [0.05, 0.1) is 36.5 Å². The number of nitrogens with one attached hydrogen (secondary N) is 1. The summed E-state index contributed by atoms with van der Waals surface area (Å²) >= 11 is 1.52. The molecule has 2 heterocycles. The van der Waals surface area contributed by atoms with Gasteiger partial charge in [-0.15, -0.1) is 0 Å². The third kappa shape index (κ3) is 4.22. The number of amides is 1. The summed E-state index contributed by atoms with van der Waals surface area (Å²) < 4.78 is 19.8. The van der Waals surface area contributed by atoms with E-state index in [1.807, 2.05) is 19.1 Å². The summed E-state index contributed by atoms with van der Waals surface area (Å²) in [6.45, 7) is 6.82. The van der Waals surface area contributed by atoms with Gasteiger partial charge in [-0.05, 0) is 48.9 Å². The van der Waals surface area contributed by atoms with Crippen molar-refractivity contribution in [2.24, 2.45) is 0 Å². The number of fused-ring (bicyclic) bond motifs is 1. The number of hydrogen-bond acceptors (Lipinski definition) is 4. The average molecular weight is 400 g/mol. The van der Waals surface area contributed by atoms with Gasteiger partial charge in [-0.3, -0.25) is 9.69 Å². The predicted molar refractivity (Wildman–Crippen MR) is 109 cm³/mol. The van der Waals surface area contributed by atoms with E-state index in [0.717, 1.165) is 48.6 Å². The Bertz CT molecular complexity index is 967. The first-order valence-corrected chi connectivity index (χ1v) is 10.3. The Kier molecular flexibility index (Phi) is 5.66. The number of quaternary nitrogens is 1. The Morgan fingerprint density at radius 1 is 1.21 bits per heavy atom. The first-order chi connectivity index (χ1) is 13.6. The van der Waals surface area contributed by atoms with E-state index in [-0.39, 0.29) is 11.7 Å². The van der Waals surface area contributed by atoms with Crippen molar-refractivity contribution in [2.45, 2.75) is 6.92 Å². The number of hydrogen-bond donors (Lipinski definition) is 1. The number of halogens is 1. The molecular formula is C21H23FN3O2S+. The van der Waals surface area contributed by atoms with Crippen molar-refractivity contribution in [1.29, 1.82) is 0 Å². The summed E-state index contributed by atoms with van der Waals surface area (Å²) in [5.41, 5.74) is 2.52. The Morgan fingerprint density at radius 2 is 1.96 bits per heavy atom. The minimum atomic E-state index is -0.351. The molecule has 0 bridgehead atoms. The molecule has 1 aliphatic heterocycles. The van der Waals surface area contributed by atoms with E-state index < -0.39 is 0 Å². The van der Waals surface area contributed by atoms with Crippen LogP contribution in [0.15, 0.2) is 42.5 Å². The molecule has 146 valence electrons. The quantitative estimate of drug-likeness (QED) is 0.715. The van der Waals surface area contributed by atoms with Crippen LogP contribution in [-0.4, -0.2) is 50.3 Å². The zero-order valence-corrected chi connectivity index (χ0v) is 16.6. The van der Waals surface area contributed by atoms with Crippen LogP contribution in [0.4, 0.5) is 9.52 Å². The molecule has 4 rings (SSSR count). The van der Waals surface area contributed by atoms with Crippen LogP contribution < -0.4 is 9.80 Å². The first-order valence-electron chi connectivity index (χ1n) is 9.46. The van der Waals surface area contributed by atoms with Crippen LogP contribution in [0.2, 0.25) is 0 Å². The molecule has 28 heavy (non-hydrogen) atoms. The molecule has 1 aliphatic rings. The number of rotatable bonds is 5. The van der Waals surface area contributed by atoms with Crippen LogP contribution in [0, 0.1) is 12.7 Å². The van der Waals surface area contributed by atoms with Crippen molar-refractivity contribution in [3.05, 3.63) is 59.4 Å². The summed E-state index contributed by atoms with van der Waals surface area (Å²) in [6.07, 6.45) is 0. The van der Waals surface area contributed by atoms with E-state index in [4.69, 9.17) is 9.72 Å². The highest BCUT2D eigenvalue weighted by Crippen LogP contribution is 2.30. The van der Waals surface area contributed by atoms with Gasteiger partial charge >= 0.3 is 0 Å². The van der Waals surface area contributed by atoms with E-state index in [1.54, 1.807) is 4.90 Å². The Labute approximate surface area is 167 Å². The minimum absolute atomic E-state index is 0.150. The smallest absolute Gasteiger partial charge is 0.260 e. The van der Waals surface area contributed by atoms with Crippen molar-refractivity contribution >= 4 is 32.6 Å². The molecule has 1 fully saturated rings. The molecule has 7 heteroatoms. The van der Waals surface area contributed by atoms with Gasteiger partial charge in [0.25, 0.3) is 5.91 Å². The van der Waals surface area contributed by atoms with Crippen LogP contribution in [0.5, 0.6) is 0 Å². The van der Waals surface area contributed by atoms with Crippen LogP contribution in [0.3, 0.4) is 0 Å². The first kappa shape index (κ1) is 19.0. The number of aryl methyl sites for hydroxylation is 1. The zero-order valence-electron chi connectivity index (χ0n) is 15.8. The standard InChI is InChI=1S/C21H22FN3O2S/c1-15-2-7-18-19(14-15)28-21(23-18)25(9-8-24-10-12-27-13-11-24)20(26)16-3-5-17(22)6-4-16/h2-7,14H,8-13H2,1H3/p+1. The molecule has 1 N–H and O–H groups in total. The number of aromatic nitrogens is 1. The molecule has 3 aromatic rings. The lowest BCUT2D eigenvalue weighted by Crippen LogP contribution is -3.14. The average Bonchev–Trinajstić information content (AvgIpc) is 3.12. The molecule has 0 aliphatic carbocycles. The SMILES string of the molecule is Cc1ccc2nc(N(CC[NH+]3CCOCC3)C(=O)c3ccc(F)cc3)sc2c1. The second-order valence-corrected chi connectivity index (χ2v) is 8.05. The number of nitrogens with zero attached hydrogens (tertiary/aromatic N) is 2. The fourth-order valence-corrected chi connectivity index (χ4v) is 4.44. The van der Waals surface area contributed by atoms with Crippen molar-refractivity contribution in [2.75, 3.05) is 44.3 Å². The lowest BCUT2D eigenvalue weighted by Gasteiger charge is -2.26. The second kappa shape index (κ2) is 8.34. The summed E-state index contributed by atoms with van der Waals surface area (Å²) in [7, 11) is 0. The topological polar surface area (TPSA) is 46.9 Å². The molecule has 0 spiro atoms. The molecule has 1 saturated heterocycles. The highest BCUT2D eigenvalue weighted by molar-refractivity contribution is 7.22. The minimum Gasteiger partial charge on any atom is -0.370 e. The number of morpholine rings is 1.